The van der Waals surface area contributed by atoms with Crippen molar-refractivity contribution in [2.75, 3.05) is 20.3 Å². The Morgan fingerprint density at radius 3 is 3.13 bits per heavy atom. The predicted octanol–water partition coefficient (Wildman–Crippen LogP) is -0.605. The predicted molar refractivity (Wildman–Crippen MR) is 55.3 cm³/mol. The van der Waals surface area contributed by atoms with Gasteiger partial charge in [0.1, 0.15) is 0 Å². The zero-order chi connectivity index (χ0) is 11.1. The number of aliphatic hydroxyl groups is 1. The van der Waals surface area contributed by atoms with E-state index in [0.717, 1.165) is 5.69 Å². The van der Waals surface area contributed by atoms with Gasteiger partial charge in [-0.25, -0.2) is 4.68 Å². The van der Waals surface area contributed by atoms with E-state index in [1.54, 1.807) is 4.68 Å². The van der Waals surface area contributed by atoms with Crippen LogP contribution in [0.2, 0.25) is 0 Å². The molecule has 1 aromatic heterocycles. The third-order valence-electron chi connectivity index (χ3n) is 1.86. The molecule has 86 valence electrons. The van der Waals surface area contributed by atoms with Crippen molar-refractivity contribution in [2.45, 2.75) is 26.1 Å². The van der Waals surface area contributed by atoms with Crippen molar-refractivity contribution in [3.63, 3.8) is 0 Å². The van der Waals surface area contributed by atoms with E-state index in [0.29, 0.717) is 26.3 Å². The number of aliphatic hydroxyl groups excluding tert-OH is 1. The van der Waals surface area contributed by atoms with Crippen LogP contribution in [-0.2, 0) is 17.8 Å². The first kappa shape index (κ1) is 12.1. The third kappa shape index (κ3) is 4.37. The molecule has 0 saturated carbocycles. The average molecular weight is 214 g/mol. The molecule has 0 aliphatic carbocycles. The minimum absolute atomic E-state index is 0.331. The molecule has 1 unspecified atom stereocenters. The van der Waals surface area contributed by atoms with E-state index in [-0.39, 0.29) is 0 Å². The quantitative estimate of drug-likeness (QED) is 0.634. The summed E-state index contributed by atoms with van der Waals surface area (Å²) >= 11 is 0. The number of hydrogen-bond acceptors (Lipinski definition) is 5. The van der Waals surface area contributed by atoms with Gasteiger partial charge in [-0.15, -0.1) is 5.10 Å². The Morgan fingerprint density at radius 2 is 2.47 bits per heavy atom. The highest BCUT2D eigenvalue weighted by Crippen LogP contribution is 1.95. The minimum atomic E-state index is -0.533. The van der Waals surface area contributed by atoms with Crippen LogP contribution in [0.15, 0.2) is 6.20 Å². The summed E-state index contributed by atoms with van der Waals surface area (Å²) < 4.78 is 6.72. The van der Waals surface area contributed by atoms with Crippen molar-refractivity contribution in [3.05, 3.63) is 11.9 Å². The molecule has 0 aliphatic heterocycles. The summed E-state index contributed by atoms with van der Waals surface area (Å²) in [6.45, 7) is 3.93. The van der Waals surface area contributed by atoms with Gasteiger partial charge < -0.3 is 15.2 Å². The maximum atomic E-state index is 9.54. The lowest BCUT2D eigenvalue weighted by Gasteiger charge is -2.09. The summed E-state index contributed by atoms with van der Waals surface area (Å²) in [4.78, 5) is 0. The Labute approximate surface area is 89.2 Å². The molecule has 0 amide bonds. The largest absolute Gasteiger partial charge is 0.389 e. The van der Waals surface area contributed by atoms with Gasteiger partial charge >= 0.3 is 0 Å². The molecule has 6 nitrogen and oxygen atoms in total. The van der Waals surface area contributed by atoms with Crippen LogP contribution >= 0.6 is 0 Å². The summed E-state index contributed by atoms with van der Waals surface area (Å²) in [6.07, 6.45) is 1.28. The second kappa shape index (κ2) is 6.49. The van der Waals surface area contributed by atoms with Crippen LogP contribution in [0.1, 0.15) is 12.6 Å². The molecule has 15 heavy (non-hydrogen) atoms. The highest BCUT2D eigenvalue weighted by atomic mass is 16.5. The number of hydrogen-bond donors (Lipinski definition) is 2. The Bertz CT molecular complexity index is 277. The number of ether oxygens (including phenoxy) is 1. The van der Waals surface area contributed by atoms with Crippen molar-refractivity contribution < 1.29 is 9.84 Å². The van der Waals surface area contributed by atoms with Crippen LogP contribution in [0.25, 0.3) is 0 Å². The Balaban J connectivity index is 2.35. The van der Waals surface area contributed by atoms with E-state index < -0.39 is 6.10 Å². The maximum absolute atomic E-state index is 9.54. The molecule has 0 aromatic carbocycles. The summed E-state index contributed by atoms with van der Waals surface area (Å²) in [6, 6.07) is 0. The number of aromatic nitrogens is 3. The molecule has 0 bridgehead atoms. The SMILES string of the molecule is CCOCC(O)Cn1cc(CNC)nn1. The van der Waals surface area contributed by atoms with Crippen molar-refractivity contribution >= 4 is 0 Å². The van der Waals surface area contributed by atoms with E-state index in [1.807, 2.05) is 20.2 Å². The lowest BCUT2D eigenvalue weighted by atomic mass is 10.4. The molecule has 1 rings (SSSR count). The molecule has 0 fully saturated rings. The fourth-order valence-corrected chi connectivity index (χ4v) is 1.21. The lowest BCUT2D eigenvalue weighted by molar-refractivity contribution is 0.0313. The zero-order valence-electron chi connectivity index (χ0n) is 9.18. The molecule has 1 heterocycles. The summed E-state index contributed by atoms with van der Waals surface area (Å²) in [7, 11) is 1.85. The van der Waals surface area contributed by atoms with E-state index in [4.69, 9.17) is 4.74 Å². The summed E-state index contributed by atoms with van der Waals surface area (Å²) in [5, 5.41) is 20.4. The molecule has 0 spiro atoms. The minimum Gasteiger partial charge on any atom is -0.389 e. The maximum Gasteiger partial charge on any atom is 0.0969 e. The highest BCUT2D eigenvalue weighted by Gasteiger charge is 2.06. The zero-order valence-corrected chi connectivity index (χ0v) is 9.18. The second-order valence-electron chi connectivity index (χ2n) is 3.28. The van der Waals surface area contributed by atoms with E-state index in [2.05, 4.69) is 15.6 Å². The Hall–Kier alpha value is -0.980. The first-order chi connectivity index (χ1) is 7.26. The molecule has 2 N–H and O–H groups in total. The molecule has 6 heteroatoms. The number of nitrogens with zero attached hydrogens (tertiary/aromatic N) is 3. The van der Waals surface area contributed by atoms with Crippen LogP contribution < -0.4 is 5.32 Å². The molecule has 0 radical (unpaired) electrons. The van der Waals surface area contributed by atoms with Gasteiger partial charge in [0, 0.05) is 19.3 Å². The van der Waals surface area contributed by atoms with Gasteiger partial charge in [-0.05, 0) is 14.0 Å². The highest BCUT2D eigenvalue weighted by molar-refractivity contribution is 4.91. The monoisotopic (exact) mass is 214 g/mol. The van der Waals surface area contributed by atoms with E-state index in [9.17, 15) is 5.11 Å². The van der Waals surface area contributed by atoms with Crippen molar-refractivity contribution in [2.24, 2.45) is 0 Å². The van der Waals surface area contributed by atoms with Crippen LogP contribution in [0.5, 0.6) is 0 Å². The molecular weight excluding hydrogens is 196 g/mol. The number of nitrogens with one attached hydrogen (secondary N) is 1. The lowest BCUT2D eigenvalue weighted by Crippen LogP contribution is -2.22. The average Bonchev–Trinajstić information content (AvgIpc) is 2.63. The van der Waals surface area contributed by atoms with Crippen LogP contribution in [0.3, 0.4) is 0 Å². The van der Waals surface area contributed by atoms with Crippen molar-refractivity contribution in [3.8, 4) is 0 Å². The van der Waals surface area contributed by atoms with Gasteiger partial charge in [-0.3, -0.25) is 0 Å². The number of rotatable bonds is 7. The first-order valence-electron chi connectivity index (χ1n) is 5.05. The second-order valence-corrected chi connectivity index (χ2v) is 3.28. The fourth-order valence-electron chi connectivity index (χ4n) is 1.21. The molecular formula is C9H18N4O2. The molecule has 1 atom stereocenters. The Kier molecular flexibility index (Phi) is 5.23. The molecule has 0 aliphatic rings. The van der Waals surface area contributed by atoms with Gasteiger partial charge in [-0.1, -0.05) is 5.21 Å². The Morgan fingerprint density at radius 1 is 1.67 bits per heavy atom. The van der Waals surface area contributed by atoms with Gasteiger partial charge in [0.05, 0.1) is 24.9 Å². The van der Waals surface area contributed by atoms with Crippen molar-refractivity contribution in [1.82, 2.24) is 20.3 Å². The van der Waals surface area contributed by atoms with Gasteiger partial charge in [0.2, 0.25) is 0 Å². The van der Waals surface area contributed by atoms with Crippen molar-refractivity contribution in [1.29, 1.82) is 0 Å². The van der Waals surface area contributed by atoms with Gasteiger partial charge in [-0.2, -0.15) is 0 Å². The van der Waals surface area contributed by atoms with Crippen LogP contribution in [0, 0.1) is 0 Å². The molecule has 0 saturated heterocycles. The first-order valence-corrected chi connectivity index (χ1v) is 5.05. The molecule has 1 aromatic rings. The van der Waals surface area contributed by atoms with Crippen LogP contribution in [-0.4, -0.2) is 46.5 Å². The summed E-state index contributed by atoms with van der Waals surface area (Å²) in [5.74, 6) is 0. The van der Waals surface area contributed by atoms with E-state index >= 15 is 0 Å². The topological polar surface area (TPSA) is 72.2 Å². The van der Waals surface area contributed by atoms with Gasteiger partial charge in [0.25, 0.3) is 0 Å². The fraction of sp³-hybridized carbons (Fsp3) is 0.778. The standard InChI is InChI=1S/C9H18N4O2/c1-3-15-7-9(14)6-13-5-8(4-10-2)11-12-13/h5,9-10,14H,3-4,6-7H2,1-2H3. The normalized spacial score (nSPS) is 13.0. The third-order valence-corrected chi connectivity index (χ3v) is 1.86. The summed E-state index contributed by atoms with van der Waals surface area (Å²) in [5.41, 5.74) is 0.862. The van der Waals surface area contributed by atoms with Gasteiger partial charge in [0.15, 0.2) is 0 Å². The smallest absolute Gasteiger partial charge is 0.0969 e. The van der Waals surface area contributed by atoms with Crippen LogP contribution in [0.4, 0.5) is 0 Å². The van der Waals surface area contributed by atoms with E-state index in [1.165, 1.54) is 0 Å².